The van der Waals surface area contributed by atoms with Gasteiger partial charge in [-0.3, -0.25) is 4.79 Å². The first-order valence-electron chi connectivity index (χ1n) is 7.70. The summed E-state index contributed by atoms with van der Waals surface area (Å²) in [6.07, 6.45) is 6.73. The van der Waals surface area contributed by atoms with Crippen LogP contribution in [0.25, 0.3) is 22.0 Å². The summed E-state index contributed by atoms with van der Waals surface area (Å²) in [5.41, 5.74) is 2.70. The van der Waals surface area contributed by atoms with Crippen molar-refractivity contribution in [2.75, 3.05) is 5.32 Å². The molecule has 0 saturated carbocycles. The standard InChI is InChI=1S/C18H15N5O2/c1-11-9-25-18(21-11)17(24)22-16-6-14-5-12(3-4-13(14)7-20-16)15-8-19-10-23(15)2/h3-10H,1-2H3,(H,20,22,24). The van der Waals surface area contributed by atoms with Crippen LogP contribution in [0.4, 0.5) is 5.82 Å². The fourth-order valence-electron chi connectivity index (χ4n) is 2.63. The molecule has 25 heavy (non-hydrogen) atoms. The Morgan fingerprint density at radius 3 is 2.80 bits per heavy atom. The highest BCUT2D eigenvalue weighted by Gasteiger charge is 2.13. The number of pyridine rings is 1. The van der Waals surface area contributed by atoms with Crippen molar-refractivity contribution in [2.45, 2.75) is 6.92 Å². The number of hydrogen-bond acceptors (Lipinski definition) is 5. The lowest BCUT2D eigenvalue weighted by molar-refractivity contribution is 0.0990. The summed E-state index contributed by atoms with van der Waals surface area (Å²) < 4.78 is 7.06. The molecule has 1 aromatic carbocycles. The summed E-state index contributed by atoms with van der Waals surface area (Å²) in [6.45, 7) is 1.76. The van der Waals surface area contributed by atoms with E-state index < -0.39 is 5.91 Å². The molecule has 0 unspecified atom stereocenters. The van der Waals surface area contributed by atoms with E-state index in [1.165, 1.54) is 6.26 Å². The molecule has 0 saturated heterocycles. The zero-order valence-electron chi connectivity index (χ0n) is 13.7. The lowest BCUT2D eigenvalue weighted by Crippen LogP contribution is -2.13. The second-order valence-corrected chi connectivity index (χ2v) is 5.77. The second-order valence-electron chi connectivity index (χ2n) is 5.77. The highest BCUT2D eigenvalue weighted by molar-refractivity contribution is 6.01. The first-order chi connectivity index (χ1) is 12.1. The molecule has 124 valence electrons. The fourth-order valence-corrected chi connectivity index (χ4v) is 2.63. The van der Waals surface area contributed by atoms with Crippen LogP contribution in [0.5, 0.6) is 0 Å². The van der Waals surface area contributed by atoms with Gasteiger partial charge in [-0.1, -0.05) is 12.1 Å². The number of benzene rings is 1. The van der Waals surface area contributed by atoms with E-state index in [1.807, 2.05) is 42.1 Å². The minimum absolute atomic E-state index is 0.0167. The third-order valence-corrected chi connectivity index (χ3v) is 3.89. The van der Waals surface area contributed by atoms with Gasteiger partial charge in [-0.05, 0) is 24.4 Å². The van der Waals surface area contributed by atoms with Gasteiger partial charge >= 0.3 is 5.91 Å². The van der Waals surface area contributed by atoms with Crippen LogP contribution < -0.4 is 5.32 Å². The number of anilines is 1. The minimum Gasteiger partial charge on any atom is -0.441 e. The van der Waals surface area contributed by atoms with Crippen molar-refractivity contribution in [3.63, 3.8) is 0 Å². The van der Waals surface area contributed by atoms with E-state index in [-0.39, 0.29) is 5.89 Å². The smallest absolute Gasteiger partial charge is 0.312 e. The number of fused-ring (bicyclic) bond motifs is 1. The number of rotatable bonds is 3. The maximum absolute atomic E-state index is 12.1. The van der Waals surface area contributed by atoms with Crippen LogP contribution in [0.2, 0.25) is 0 Å². The molecule has 0 bridgehead atoms. The average Bonchev–Trinajstić information content (AvgIpc) is 3.22. The number of hydrogen-bond donors (Lipinski definition) is 1. The van der Waals surface area contributed by atoms with Gasteiger partial charge in [0.1, 0.15) is 12.1 Å². The molecule has 4 rings (SSSR count). The zero-order chi connectivity index (χ0) is 17.4. The maximum atomic E-state index is 12.1. The summed E-state index contributed by atoms with van der Waals surface area (Å²) in [5, 5.41) is 4.65. The third kappa shape index (κ3) is 2.87. The van der Waals surface area contributed by atoms with E-state index >= 15 is 0 Å². The largest absolute Gasteiger partial charge is 0.441 e. The molecule has 0 fully saturated rings. The molecule has 7 heteroatoms. The van der Waals surface area contributed by atoms with Gasteiger partial charge in [0.05, 0.1) is 23.9 Å². The molecule has 1 amide bonds. The highest BCUT2D eigenvalue weighted by Crippen LogP contribution is 2.25. The summed E-state index contributed by atoms with van der Waals surface area (Å²) in [5.74, 6) is 0.0290. The average molecular weight is 333 g/mol. The van der Waals surface area contributed by atoms with Crippen molar-refractivity contribution in [1.82, 2.24) is 19.5 Å². The van der Waals surface area contributed by atoms with E-state index in [2.05, 4.69) is 20.3 Å². The van der Waals surface area contributed by atoms with E-state index in [0.717, 1.165) is 22.0 Å². The molecule has 3 heterocycles. The quantitative estimate of drug-likeness (QED) is 0.622. The van der Waals surface area contributed by atoms with Crippen molar-refractivity contribution in [3.05, 3.63) is 60.8 Å². The Morgan fingerprint density at radius 1 is 1.20 bits per heavy atom. The Balaban J connectivity index is 1.67. The van der Waals surface area contributed by atoms with Gasteiger partial charge in [0.2, 0.25) is 0 Å². The number of aryl methyl sites for hydroxylation is 2. The number of nitrogens with one attached hydrogen (secondary N) is 1. The van der Waals surface area contributed by atoms with Gasteiger partial charge in [-0.25, -0.2) is 15.0 Å². The Morgan fingerprint density at radius 2 is 2.08 bits per heavy atom. The number of oxazole rings is 1. The minimum atomic E-state index is -0.428. The van der Waals surface area contributed by atoms with Crippen LogP contribution in [0, 0.1) is 6.92 Å². The van der Waals surface area contributed by atoms with E-state index in [4.69, 9.17) is 4.42 Å². The predicted molar refractivity (Wildman–Crippen MR) is 93.1 cm³/mol. The number of nitrogens with zero attached hydrogens (tertiary/aromatic N) is 4. The number of carbonyl (C=O) groups is 1. The summed E-state index contributed by atoms with van der Waals surface area (Å²) in [4.78, 5) is 24.6. The van der Waals surface area contributed by atoms with Crippen molar-refractivity contribution >= 4 is 22.5 Å². The summed E-state index contributed by atoms with van der Waals surface area (Å²) >= 11 is 0. The van der Waals surface area contributed by atoms with Crippen LogP contribution in [-0.4, -0.2) is 25.4 Å². The number of imidazole rings is 1. The van der Waals surface area contributed by atoms with Crippen molar-refractivity contribution < 1.29 is 9.21 Å². The molecular weight excluding hydrogens is 318 g/mol. The summed E-state index contributed by atoms with van der Waals surface area (Å²) in [6, 6.07) is 7.88. The SMILES string of the molecule is Cc1coc(C(=O)Nc2cc3cc(-c4cncn4C)ccc3cn2)n1. The maximum Gasteiger partial charge on any atom is 0.312 e. The van der Waals surface area contributed by atoms with E-state index in [9.17, 15) is 4.79 Å². The van der Waals surface area contributed by atoms with Gasteiger partial charge in [0.15, 0.2) is 0 Å². The molecule has 0 aliphatic heterocycles. The highest BCUT2D eigenvalue weighted by atomic mass is 16.4. The van der Waals surface area contributed by atoms with Crippen LogP contribution in [0.1, 0.15) is 16.4 Å². The van der Waals surface area contributed by atoms with Crippen molar-refractivity contribution in [1.29, 1.82) is 0 Å². The topological polar surface area (TPSA) is 85.8 Å². The Labute approximate surface area is 143 Å². The molecule has 0 radical (unpaired) electrons. The van der Waals surface area contributed by atoms with Gasteiger partial charge < -0.3 is 14.3 Å². The molecule has 0 atom stereocenters. The molecule has 0 aliphatic carbocycles. The predicted octanol–water partition coefficient (Wildman–Crippen LogP) is 3.18. The first kappa shape index (κ1) is 15.1. The van der Waals surface area contributed by atoms with Gasteiger partial charge in [0, 0.05) is 24.2 Å². The van der Waals surface area contributed by atoms with Gasteiger partial charge in [0.25, 0.3) is 5.89 Å². The molecule has 1 N–H and O–H groups in total. The number of aromatic nitrogens is 4. The van der Waals surface area contributed by atoms with E-state index in [0.29, 0.717) is 11.5 Å². The number of carbonyl (C=O) groups excluding carboxylic acids is 1. The Kier molecular flexibility index (Phi) is 3.53. The molecule has 4 aromatic rings. The van der Waals surface area contributed by atoms with Crippen LogP contribution in [0.15, 0.2) is 53.7 Å². The molecule has 0 aliphatic rings. The first-order valence-corrected chi connectivity index (χ1v) is 7.70. The molecule has 7 nitrogen and oxygen atoms in total. The van der Waals surface area contributed by atoms with Crippen molar-refractivity contribution in [2.24, 2.45) is 7.05 Å². The van der Waals surface area contributed by atoms with Crippen LogP contribution in [0.3, 0.4) is 0 Å². The lowest BCUT2D eigenvalue weighted by atomic mass is 10.1. The summed E-state index contributed by atoms with van der Waals surface area (Å²) in [7, 11) is 1.95. The lowest BCUT2D eigenvalue weighted by Gasteiger charge is -2.07. The van der Waals surface area contributed by atoms with Crippen molar-refractivity contribution in [3.8, 4) is 11.3 Å². The molecular formula is C18H15N5O2. The molecule has 3 aromatic heterocycles. The molecule has 0 spiro atoms. The fraction of sp³-hybridized carbons (Fsp3) is 0.111. The monoisotopic (exact) mass is 333 g/mol. The number of amides is 1. The normalized spacial score (nSPS) is 11.0. The van der Waals surface area contributed by atoms with E-state index in [1.54, 1.807) is 19.4 Å². The van der Waals surface area contributed by atoms with Crippen LogP contribution in [-0.2, 0) is 7.05 Å². The Bertz CT molecular complexity index is 1080. The van der Waals surface area contributed by atoms with Crippen LogP contribution >= 0.6 is 0 Å². The second kappa shape index (κ2) is 5.86. The Hall–Kier alpha value is -3.48. The van der Waals surface area contributed by atoms with Gasteiger partial charge in [-0.15, -0.1) is 0 Å². The third-order valence-electron chi connectivity index (χ3n) is 3.89. The zero-order valence-corrected chi connectivity index (χ0v) is 13.7. The van der Waals surface area contributed by atoms with Gasteiger partial charge in [-0.2, -0.15) is 0 Å².